The molecule has 88 valence electrons. The van der Waals surface area contributed by atoms with E-state index in [1.165, 1.54) is 0 Å². The van der Waals surface area contributed by atoms with Crippen LogP contribution in [0.1, 0.15) is 34.6 Å². The van der Waals surface area contributed by atoms with Crippen LogP contribution in [0.4, 0.5) is 0 Å². The molecule has 0 amide bonds. The smallest absolute Gasteiger partial charge is 0.303 e. The van der Waals surface area contributed by atoms with Crippen LogP contribution in [0.5, 0.6) is 0 Å². The normalized spacial score (nSPS) is 13.3. The first-order valence-electron chi connectivity index (χ1n) is 4.66. The number of phosphoric acid groups is 1. The maximum Gasteiger partial charge on any atom is 0.469 e. The van der Waals surface area contributed by atoms with Crippen molar-refractivity contribution in [2.75, 3.05) is 6.61 Å². The molecule has 2 N–H and O–H groups in total. The third kappa shape index (κ3) is 9.96. The Morgan fingerprint density at radius 2 is 1.60 bits per heavy atom. The van der Waals surface area contributed by atoms with E-state index in [1.807, 2.05) is 20.8 Å². The molecule has 0 aromatic carbocycles. The minimum absolute atomic E-state index is 0.0830. The highest BCUT2D eigenvalue weighted by Crippen LogP contribution is 2.37. The quantitative estimate of drug-likeness (QED) is 0.580. The van der Waals surface area contributed by atoms with Gasteiger partial charge in [0.25, 0.3) is 0 Å². The highest BCUT2D eigenvalue weighted by molar-refractivity contribution is 7.46. The summed E-state index contributed by atoms with van der Waals surface area (Å²) in [7, 11) is -4.39. The molecular formula is C10H19O4P. The zero-order valence-corrected chi connectivity index (χ0v) is 10.8. The van der Waals surface area contributed by atoms with E-state index < -0.39 is 13.2 Å². The highest BCUT2D eigenvalue weighted by atomic mass is 31.2. The second-order valence-corrected chi connectivity index (χ2v) is 6.39. The van der Waals surface area contributed by atoms with E-state index in [0.717, 1.165) is 0 Å². The molecule has 0 aliphatic carbocycles. The van der Waals surface area contributed by atoms with Crippen molar-refractivity contribution in [3.8, 4) is 11.8 Å². The molecule has 0 radical (unpaired) electrons. The molecule has 0 saturated carbocycles. The Morgan fingerprint density at radius 3 is 1.93 bits per heavy atom. The number of hydrogen-bond acceptors (Lipinski definition) is 2. The number of phosphoric ester groups is 1. The van der Waals surface area contributed by atoms with Gasteiger partial charge in [0.15, 0.2) is 0 Å². The molecule has 0 aromatic heterocycles. The van der Waals surface area contributed by atoms with Crippen LogP contribution in [0.3, 0.4) is 0 Å². The predicted molar refractivity (Wildman–Crippen MR) is 59.0 cm³/mol. The summed E-state index contributed by atoms with van der Waals surface area (Å²) in [5.41, 5.74) is -0.687. The molecule has 5 heteroatoms. The van der Waals surface area contributed by atoms with Gasteiger partial charge in [0.05, 0.1) is 6.61 Å². The second-order valence-electron chi connectivity index (χ2n) is 5.15. The van der Waals surface area contributed by atoms with Gasteiger partial charge in [-0.15, -0.1) is 0 Å². The standard InChI is InChI=1S/C10H19O4P/c1-9(2,3)6-7-10(4,5)8-14-15(11,12)13/h8H2,1-5H3,(H2,11,12,13). The largest absolute Gasteiger partial charge is 0.469 e. The summed E-state index contributed by atoms with van der Waals surface area (Å²) < 4.78 is 14.9. The highest BCUT2D eigenvalue weighted by Gasteiger charge is 2.22. The summed E-state index contributed by atoms with van der Waals surface area (Å²) >= 11 is 0. The molecular weight excluding hydrogens is 215 g/mol. The van der Waals surface area contributed by atoms with Gasteiger partial charge in [0, 0.05) is 10.8 Å². The Labute approximate surface area is 91.3 Å². The number of hydrogen-bond donors (Lipinski definition) is 2. The molecule has 0 unspecified atom stereocenters. The van der Waals surface area contributed by atoms with Crippen molar-refractivity contribution in [2.24, 2.45) is 10.8 Å². The molecule has 0 heterocycles. The summed E-state index contributed by atoms with van der Waals surface area (Å²) in [4.78, 5) is 17.1. The van der Waals surface area contributed by atoms with Gasteiger partial charge in [-0.05, 0) is 34.6 Å². The maximum atomic E-state index is 10.5. The van der Waals surface area contributed by atoms with Crippen LogP contribution in [0.25, 0.3) is 0 Å². The van der Waals surface area contributed by atoms with Gasteiger partial charge in [-0.3, -0.25) is 4.52 Å². The van der Waals surface area contributed by atoms with Crippen molar-refractivity contribution in [2.45, 2.75) is 34.6 Å². The summed E-state index contributed by atoms with van der Waals surface area (Å²) in [5, 5.41) is 0. The van der Waals surface area contributed by atoms with Gasteiger partial charge in [-0.25, -0.2) is 4.57 Å². The first kappa shape index (κ1) is 14.7. The molecule has 0 aliphatic rings. The third-order valence-electron chi connectivity index (χ3n) is 1.37. The van der Waals surface area contributed by atoms with E-state index in [0.29, 0.717) is 0 Å². The van der Waals surface area contributed by atoms with Crippen LogP contribution in [-0.4, -0.2) is 16.4 Å². The summed E-state index contributed by atoms with van der Waals surface area (Å²) in [6.07, 6.45) is 0. The fourth-order valence-corrected chi connectivity index (χ4v) is 1.13. The molecule has 0 atom stereocenters. The van der Waals surface area contributed by atoms with Crippen LogP contribution in [-0.2, 0) is 9.09 Å². The van der Waals surface area contributed by atoms with Crippen molar-refractivity contribution in [3.05, 3.63) is 0 Å². The molecule has 0 aromatic rings. The first-order valence-corrected chi connectivity index (χ1v) is 6.19. The molecule has 0 fully saturated rings. The summed E-state index contributed by atoms with van der Waals surface area (Å²) in [5.74, 6) is 5.97. The average molecular weight is 234 g/mol. The maximum absolute atomic E-state index is 10.5. The lowest BCUT2D eigenvalue weighted by Gasteiger charge is -2.19. The average Bonchev–Trinajstić information content (AvgIpc) is 1.96. The Balaban J connectivity index is 4.43. The Kier molecular flexibility index (Phi) is 4.57. The lowest BCUT2D eigenvalue weighted by atomic mass is 9.91. The van der Waals surface area contributed by atoms with Crippen LogP contribution in [0.2, 0.25) is 0 Å². The van der Waals surface area contributed by atoms with Gasteiger partial charge < -0.3 is 9.79 Å². The Morgan fingerprint density at radius 1 is 1.13 bits per heavy atom. The van der Waals surface area contributed by atoms with E-state index in [2.05, 4.69) is 16.4 Å². The van der Waals surface area contributed by atoms with Crippen LogP contribution >= 0.6 is 7.82 Å². The van der Waals surface area contributed by atoms with E-state index in [4.69, 9.17) is 9.79 Å². The second kappa shape index (κ2) is 4.67. The first-order chi connectivity index (χ1) is 6.41. The molecule has 0 bridgehead atoms. The fourth-order valence-electron chi connectivity index (χ4n) is 0.638. The van der Waals surface area contributed by atoms with Crippen molar-refractivity contribution >= 4 is 7.82 Å². The lowest BCUT2D eigenvalue weighted by molar-refractivity contribution is 0.156. The lowest BCUT2D eigenvalue weighted by Crippen LogP contribution is -2.17. The van der Waals surface area contributed by atoms with Crippen LogP contribution < -0.4 is 0 Å². The van der Waals surface area contributed by atoms with E-state index >= 15 is 0 Å². The van der Waals surface area contributed by atoms with Crippen LogP contribution in [0.15, 0.2) is 0 Å². The van der Waals surface area contributed by atoms with Gasteiger partial charge in [-0.2, -0.15) is 0 Å². The molecule has 0 spiro atoms. The van der Waals surface area contributed by atoms with Gasteiger partial charge in [-0.1, -0.05) is 11.8 Å². The monoisotopic (exact) mass is 234 g/mol. The SMILES string of the molecule is CC(C)(C)C#CC(C)(C)COP(=O)(O)O. The molecule has 4 nitrogen and oxygen atoms in total. The number of rotatable bonds is 3. The third-order valence-corrected chi connectivity index (χ3v) is 1.83. The van der Waals surface area contributed by atoms with Gasteiger partial charge in [0.1, 0.15) is 0 Å². The summed E-state index contributed by atoms with van der Waals surface area (Å²) in [6, 6.07) is 0. The Bertz CT molecular complexity index is 311. The predicted octanol–water partition coefficient (Wildman–Crippen LogP) is 2.17. The Hall–Kier alpha value is -0.330. The minimum atomic E-state index is -4.39. The van der Waals surface area contributed by atoms with E-state index in [1.54, 1.807) is 13.8 Å². The minimum Gasteiger partial charge on any atom is -0.303 e. The van der Waals surface area contributed by atoms with Crippen molar-refractivity contribution in [1.82, 2.24) is 0 Å². The summed E-state index contributed by atoms with van der Waals surface area (Å²) in [6.45, 7) is 9.39. The fraction of sp³-hybridized carbons (Fsp3) is 0.800. The van der Waals surface area contributed by atoms with Gasteiger partial charge >= 0.3 is 7.82 Å². The van der Waals surface area contributed by atoms with Gasteiger partial charge in [0.2, 0.25) is 0 Å². The molecule has 0 aliphatic heterocycles. The van der Waals surface area contributed by atoms with Crippen molar-refractivity contribution in [3.63, 3.8) is 0 Å². The molecule has 0 saturated heterocycles. The topological polar surface area (TPSA) is 66.8 Å². The zero-order chi connectivity index (χ0) is 12.3. The zero-order valence-electron chi connectivity index (χ0n) is 9.87. The molecule has 15 heavy (non-hydrogen) atoms. The van der Waals surface area contributed by atoms with Crippen molar-refractivity contribution < 1.29 is 18.9 Å². The molecule has 0 rings (SSSR count). The van der Waals surface area contributed by atoms with E-state index in [-0.39, 0.29) is 12.0 Å². The van der Waals surface area contributed by atoms with E-state index in [9.17, 15) is 4.57 Å². The van der Waals surface area contributed by atoms with Crippen molar-refractivity contribution in [1.29, 1.82) is 0 Å². The van der Waals surface area contributed by atoms with Crippen LogP contribution in [0, 0.1) is 22.7 Å².